The van der Waals surface area contributed by atoms with Gasteiger partial charge in [-0.05, 0) is 45.6 Å². The number of ether oxygens (including phenoxy) is 1. The molecule has 2 heterocycles. The van der Waals surface area contributed by atoms with Crippen molar-refractivity contribution in [3.05, 3.63) is 24.3 Å². The quantitative estimate of drug-likeness (QED) is 0.924. The van der Waals surface area contributed by atoms with Crippen molar-refractivity contribution in [1.82, 2.24) is 20.2 Å². The molecule has 0 bridgehead atoms. The third kappa shape index (κ3) is 5.60. The van der Waals surface area contributed by atoms with E-state index >= 15 is 0 Å². The van der Waals surface area contributed by atoms with Crippen LogP contribution in [0.1, 0.15) is 39.3 Å². The van der Waals surface area contributed by atoms with Crippen molar-refractivity contribution in [3.63, 3.8) is 0 Å². The van der Waals surface area contributed by atoms with E-state index in [-0.39, 0.29) is 6.09 Å². The van der Waals surface area contributed by atoms with Gasteiger partial charge in [0.05, 0.1) is 5.69 Å². The summed E-state index contributed by atoms with van der Waals surface area (Å²) in [5.41, 5.74) is 0.546. The molecule has 1 N–H and O–H groups in total. The van der Waals surface area contributed by atoms with Crippen molar-refractivity contribution >= 4 is 6.09 Å². The molecule has 122 valence electrons. The molecule has 6 nitrogen and oxygen atoms in total. The molecule has 0 spiro atoms. The van der Waals surface area contributed by atoms with E-state index in [9.17, 15) is 4.79 Å². The summed E-state index contributed by atoms with van der Waals surface area (Å²) in [6.45, 7) is 8.85. The minimum atomic E-state index is -0.435. The number of likely N-dealkylation sites (tertiary alicyclic amines) is 1. The second-order valence-corrected chi connectivity index (χ2v) is 6.77. The standard InChI is InChI=1S/C16H26N4O2/c1-16(2,3)22-15(21)20-8-4-5-13(11-20)9-18-10-14-6-7-17-12-19-14/h6-7,12-13,18H,4-5,8-11H2,1-3H3. The highest BCUT2D eigenvalue weighted by Gasteiger charge is 2.27. The maximum Gasteiger partial charge on any atom is 0.410 e. The van der Waals surface area contributed by atoms with Crippen LogP contribution in [0.4, 0.5) is 4.79 Å². The lowest BCUT2D eigenvalue weighted by atomic mass is 9.98. The molecule has 0 radical (unpaired) electrons. The summed E-state index contributed by atoms with van der Waals surface area (Å²) in [6, 6.07) is 1.90. The highest BCUT2D eigenvalue weighted by molar-refractivity contribution is 5.68. The lowest BCUT2D eigenvalue weighted by molar-refractivity contribution is 0.0166. The second kappa shape index (κ2) is 7.54. The molecular weight excluding hydrogens is 280 g/mol. The lowest BCUT2D eigenvalue weighted by Crippen LogP contribution is -2.45. The Morgan fingerprint density at radius 3 is 3.00 bits per heavy atom. The average Bonchev–Trinajstić information content (AvgIpc) is 2.47. The maximum atomic E-state index is 12.1. The number of hydrogen-bond donors (Lipinski definition) is 1. The Labute approximate surface area is 132 Å². The molecule has 1 aliphatic rings. The first-order valence-electron chi connectivity index (χ1n) is 7.87. The molecule has 1 atom stereocenters. The molecule has 1 aromatic rings. The van der Waals surface area contributed by atoms with Crippen LogP contribution in [0, 0.1) is 5.92 Å². The zero-order chi connectivity index (χ0) is 16.0. The predicted molar refractivity (Wildman–Crippen MR) is 84.3 cm³/mol. The summed E-state index contributed by atoms with van der Waals surface area (Å²) in [5, 5.41) is 3.41. The van der Waals surface area contributed by atoms with E-state index in [1.54, 1.807) is 12.5 Å². The number of carbonyl (C=O) groups is 1. The van der Waals surface area contributed by atoms with Crippen LogP contribution in [0.5, 0.6) is 0 Å². The number of nitrogens with one attached hydrogen (secondary N) is 1. The van der Waals surface area contributed by atoms with Crippen LogP contribution in [-0.2, 0) is 11.3 Å². The SMILES string of the molecule is CC(C)(C)OC(=O)N1CCCC(CNCc2ccncn2)C1. The van der Waals surface area contributed by atoms with Gasteiger partial charge in [0.25, 0.3) is 0 Å². The van der Waals surface area contributed by atoms with E-state index in [0.717, 1.165) is 44.7 Å². The Bertz CT molecular complexity index is 473. The number of nitrogens with zero attached hydrogens (tertiary/aromatic N) is 3. The van der Waals surface area contributed by atoms with Gasteiger partial charge in [0, 0.05) is 32.4 Å². The fourth-order valence-corrected chi connectivity index (χ4v) is 2.55. The van der Waals surface area contributed by atoms with Gasteiger partial charge >= 0.3 is 6.09 Å². The third-order valence-corrected chi connectivity index (χ3v) is 3.55. The highest BCUT2D eigenvalue weighted by atomic mass is 16.6. The fraction of sp³-hybridized carbons (Fsp3) is 0.688. The van der Waals surface area contributed by atoms with Crippen LogP contribution in [0.2, 0.25) is 0 Å². The van der Waals surface area contributed by atoms with E-state index in [4.69, 9.17) is 4.74 Å². The third-order valence-electron chi connectivity index (χ3n) is 3.55. The van der Waals surface area contributed by atoms with Gasteiger partial charge in [0.15, 0.2) is 0 Å². The number of piperidine rings is 1. The Kier molecular flexibility index (Phi) is 5.71. The van der Waals surface area contributed by atoms with E-state index < -0.39 is 5.60 Å². The van der Waals surface area contributed by atoms with Crippen LogP contribution in [0.15, 0.2) is 18.6 Å². The Morgan fingerprint density at radius 1 is 1.50 bits per heavy atom. The van der Waals surface area contributed by atoms with Crippen LogP contribution >= 0.6 is 0 Å². The van der Waals surface area contributed by atoms with Gasteiger partial charge in [-0.25, -0.2) is 14.8 Å². The van der Waals surface area contributed by atoms with Gasteiger partial charge in [-0.1, -0.05) is 0 Å². The molecule has 0 saturated carbocycles. The van der Waals surface area contributed by atoms with E-state index in [2.05, 4.69) is 15.3 Å². The van der Waals surface area contributed by atoms with Crippen molar-refractivity contribution in [2.75, 3.05) is 19.6 Å². The first kappa shape index (κ1) is 16.7. The van der Waals surface area contributed by atoms with E-state index in [1.807, 2.05) is 31.7 Å². The zero-order valence-corrected chi connectivity index (χ0v) is 13.7. The topological polar surface area (TPSA) is 67.3 Å². The molecule has 0 aliphatic carbocycles. The van der Waals surface area contributed by atoms with Gasteiger partial charge in [-0.2, -0.15) is 0 Å². The van der Waals surface area contributed by atoms with E-state index in [0.29, 0.717) is 5.92 Å². The van der Waals surface area contributed by atoms with Gasteiger partial charge in [-0.15, -0.1) is 0 Å². The van der Waals surface area contributed by atoms with Gasteiger partial charge < -0.3 is 15.0 Å². The number of carbonyl (C=O) groups excluding carboxylic acids is 1. The van der Waals surface area contributed by atoms with Gasteiger partial charge in [-0.3, -0.25) is 0 Å². The number of hydrogen-bond acceptors (Lipinski definition) is 5. The molecule has 0 aromatic carbocycles. The minimum absolute atomic E-state index is 0.201. The molecule has 1 unspecified atom stereocenters. The average molecular weight is 306 g/mol. The molecular formula is C16H26N4O2. The number of aromatic nitrogens is 2. The number of amides is 1. The fourth-order valence-electron chi connectivity index (χ4n) is 2.55. The molecule has 6 heteroatoms. The summed E-state index contributed by atoms with van der Waals surface area (Å²) < 4.78 is 5.45. The van der Waals surface area contributed by atoms with Gasteiger partial charge in [0.2, 0.25) is 0 Å². The summed E-state index contributed by atoms with van der Waals surface area (Å²) in [6.07, 6.45) is 5.26. The molecule has 22 heavy (non-hydrogen) atoms. The minimum Gasteiger partial charge on any atom is -0.444 e. The normalized spacial score (nSPS) is 19.0. The second-order valence-electron chi connectivity index (χ2n) is 6.77. The van der Waals surface area contributed by atoms with Crippen LogP contribution < -0.4 is 5.32 Å². The molecule has 1 aromatic heterocycles. The van der Waals surface area contributed by atoms with E-state index in [1.165, 1.54) is 0 Å². The van der Waals surface area contributed by atoms with Crippen LogP contribution in [0.3, 0.4) is 0 Å². The Hall–Kier alpha value is -1.69. The molecule has 1 amide bonds. The maximum absolute atomic E-state index is 12.1. The predicted octanol–water partition coefficient (Wildman–Crippen LogP) is 2.21. The smallest absolute Gasteiger partial charge is 0.410 e. The number of rotatable bonds is 4. The van der Waals surface area contributed by atoms with Crippen LogP contribution in [-0.4, -0.2) is 46.2 Å². The Balaban J connectivity index is 1.75. The van der Waals surface area contributed by atoms with Crippen LogP contribution in [0.25, 0.3) is 0 Å². The molecule has 1 saturated heterocycles. The molecule has 2 rings (SSSR count). The van der Waals surface area contributed by atoms with Crippen molar-refractivity contribution in [3.8, 4) is 0 Å². The first-order valence-corrected chi connectivity index (χ1v) is 7.87. The Morgan fingerprint density at radius 2 is 2.32 bits per heavy atom. The molecule has 1 aliphatic heterocycles. The van der Waals surface area contributed by atoms with Crippen molar-refractivity contribution in [1.29, 1.82) is 0 Å². The molecule has 1 fully saturated rings. The monoisotopic (exact) mass is 306 g/mol. The van der Waals surface area contributed by atoms with Crippen molar-refractivity contribution < 1.29 is 9.53 Å². The summed E-state index contributed by atoms with van der Waals surface area (Å²) >= 11 is 0. The summed E-state index contributed by atoms with van der Waals surface area (Å²) in [7, 11) is 0. The first-order chi connectivity index (χ1) is 10.4. The van der Waals surface area contributed by atoms with Crippen molar-refractivity contribution in [2.24, 2.45) is 5.92 Å². The lowest BCUT2D eigenvalue weighted by Gasteiger charge is -2.34. The van der Waals surface area contributed by atoms with Gasteiger partial charge in [0.1, 0.15) is 11.9 Å². The van der Waals surface area contributed by atoms with Crippen molar-refractivity contribution in [2.45, 2.75) is 45.8 Å². The largest absolute Gasteiger partial charge is 0.444 e. The summed E-state index contributed by atoms with van der Waals surface area (Å²) in [4.78, 5) is 22.0. The summed E-state index contributed by atoms with van der Waals surface area (Å²) in [5.74, 6) is 0.461. The highest BCUT2D eigenvalue weighted by Crippen LogP contribution is 2.18. The zero-order valence-electron chi connectivity index (χ0n) is 13.7.